The maximum Gasteiger partial charge on any atom is 0.0477 e. The number of aliphatic hydroxyl groups excluding tert-OH is 1. The maximum atomic E-state index is 9.13. The van der Waals surface area contributed by atoms with E-state index in [0.717, 1.165) is 6.42 Å². The molecule has 2 aliphatic rings. The fourth-order valence-corrected chi connectivity index (χ4v) is 2.84. The van der Waals surface area contributed by atoms with Gasteiger partial charge >= 0.3 is 0 Å². The number of rotatable bonds is 1. The highest BCUT2D eigenvalue weighted by Crippen LogP contribution is 2.47. The molecule has 0 unspecified atom stereocenters. The molecule has 2 saturated heterocycles. The average Bonchev–Trinajstić information content (AvgIpc) is 2.36. The summed E-state index contributed by atoms with van der Waals surface area (Å²) in [4.78, 5) is 0. The van der Waals surface area contributed by atoms with Crippen LogP contribution in [0.4, 0.5) is 0 Å². The van der Waals surface area contributed by atoms with Crippen LogP contribution in [0.15, 0.2) is 0 Å². The van der Waals surface area contributed by atoms with E-state index in [4.69, 9.17) is 5.11 Å². The summed E-state index contributed by atoms with van der Waals surface area (Å²) < 4.78 is 0. The van der Waals surface area contributed by atoms with E-state index in [9.17, 15) is 0 Å². The number of hydrogen-bond acceptors (Lipinski definition) is 2. The second-order valence-electron chi connectivity index (χ2n) is 4.69. The molecule has 2 bridgehead atoms. The fourth-order valence-electron chi connectivity index (χ4n) is 2.84. The van der Waals surface area contributed by atoms with Crippen LogP contribution < -0.4 is 5.32 Å². The number of fused-ring (bicyclic) bond motifs is 2. The minimum atomic E-state index is 0.240. The van der Waals surface area contributed by atoms with Gasteiger partial charge in [-0.2, -0.15) is 0 Å². The summed E-state index contributed by atoms with van der Waals surface area (Å²) in [5.41, 5.74) is 0.575. The van der Waals surface area contributed by atoms with Gasteiger partial charge in [0.25, 0.3) is 0 Å². The summed E-state index contributed by atoms with van der Waals surface area (Å²) in [6.45, 7) is 4.86. The van der Waals surface area contributed by atoms with Crippen molar-refractivity contribution in [2.75, 3.05) is 6.61 Å². The molecule has 2 rings (SSSR count). The smallest absolute Gasteiger partial charge is 0.0477 e. The minimum absolute atomic E-state index is 0.240. The van der Waals surface area contributed by atoms with Crippen molar-refractivity contribution in [1.29, 1.82) is 0 Å². The fraction of sp³-hybridized carbons (Fsp3) is 1.00. The van der Waals surface area contributed by atoms with Crippen LogP contribution in [-0.2, 0) is 0 Å². The molecule has 2 heterocycles. The molecule has 0 amide bonds. The van der Waals surface area contributed by atoms with Crippen molar-refractivity contribution in [3.63, 3.8) is 0 Å². The lowest BCUT2D eigenvalue weighted by molar-refractivity contribution is 0.158. The third-order valence-corrected chi connectivity index (χ3v) is 3.60. The molecule has 64 valence electrons. The summed E-state index contributed by atoms with van der Waals surface area (Å²) in [7, 11) is 0. The molecule has 0 spiro atoms. The first-order valence-electron chi connectivity index (χ1n) is 4.48. The standard InChI is InChI=1S/C9H17NO/c1-8-3-4-9(2,10-8)7(5-8)6-11/h7,10-11H,3-6H2,1-2H3/t7-,8+,9-/m1/s1. The van der Waals surface area contributed by atoms with Gasteiger partial charge in [-0.05, 0) is 33.1 Å². The minimum Gasteiger partial charge on any atom is -0.396 e. The van der Waals surface area contributed by atoms with Crippen molar-refractivity contribution in [3.8, 4) is 0 Å². The van der Waals surface area contributed by atoms with E-state index in [0.29, 0.717) is 18.1 Å². The molecule has 11 heavy (non-hydrogen) atoms. The predicted molar refractivity (Wildman–Crippen MR) is 44.4 cm³/mol. The van der Waals surface area contributed by atoms with Gasteiger partial charge in [0, 0.05) is 23.6 Å². The molecule has 2 heteroatoms. The van der Waals surface area contributed by atoms with Gasteiger partial charge in [-0.1, -0.05) is 0 Å². The summed E-state index contributed by atoms with van der Waals surface area (Å²) in [5.74, 6) is 0.487. The van der Waals surface area contributed by atoms with Gasteiger partial charge in [-0.25, -0.2) is 0 Å². The van der Waals surface area contributed by atoms with Crippen molar-refractivity contribution in [1.82, 2.24) is 5.32 Å². The Morgan fingerprint density at radius 1 is 1.45 bits per heavy atom. The van der Waals surface area contributed by atoms with E-state index in [2.05, 4.69) is 19.2 Å². The zero-order chi connectivity index (χ0) is 8.11. The van der Waals surface area contributed by atoms with E-state index in [1.54, 1.807) is 0 Å². The van der Waals surface area contributed by atoms with E-state index in [1.165, 1.54) is 12.8 Å². The first-order chi connectivity index (χ1) is 5.08. The van der Waals surface area contributed by atoms with Gasteiger partial charge in [0.05, 0.1) is 0 Å². The molecule has 2 nitrogen and oxygen atoms in total. The molecular formula is C9H17NO. The van der Waals surface area contributed by atoms with Gasteiger partial charge in [0.15, 0.2) is 0 Å². The lowest BCUT2D eigenvalue weighted by Gasteiger charge is -2.29. The van der Waals surface area contributed by atoms with Gasteiger partial charge in [-0.3, -0.25) is 0 Å². The van der Waals surface area contributed by atoms with Gasteiger partial charge in [0.1, 0.15) is 0 Å². The molecule has 2 aliphatic heterocycles. The highest BCUT2D eigenvalue weighted by molar-refractivity contribution is 5.13. The van der Waals surface area contributed by atoms with E-state index < -0.39 is 0 Å². The van der Waals surface area contributed by atoms with Crippen molar-refractivity contribution in [3.05, 3.63) is 0 Å². The summed E-state index contributed by atoms with van der Waals surface area (Å²) >= 11 is 0. The number of aliphatic hydroxyl groups is 1. The van der Waals surface area contributed by atoms with Crippen LogP contribution in [0.25, 0.3) is 0 Å². The van der Waals surface area contributed by atoms with Crippen molar-refractivity contribution in [2.24, 2.45) is 5.92 Å². The van der Waals surface area contributed by atoms with E-state index >= 15 is 0 Å². The molecule has 0 aliphatic carbocycles. The zero-order valence-electron chi connectivity index (χ0n) is 7.35. The topological polar surface area (TPSA) is 32.3 Å². The van der Waals surface area contributed by atoms with E-state index in [1.807, 2.05) is 0 Å². The lowest BCUT2D eigenvalue weighted by Crippen LogP contribution is -2.41. The number of hydrogen-bond donors (Lipinski definition) is 2. The van der Waals surface area contributed by atoms with Crippen LogP contribution in [0.5, 0.6) is 0 Å². The lowest BCUT2D eigenvalue weighted by atomic mass is 9.76. The molecule has 0 saturated carbocycles. The quantitative estimate of drug-likeness (QED) is 0.589. The molecule has 0 aromatic carbocycles. The largest absolute Gasteiger partial charge is 0.396 e. The molecule has 0 aromatic rings. The molecular weight excluding hydrogens is 138 g/mol. The van der Waals surface area contributed by atoms with Crippen LogP contribution in [0.1, 0.15) is 33.1 Å². The molecule has 0 aromatic heterocycles. The monoisotopic (exact) mass is 155 g/mol. The third kappa shape index (κ3) is 0.926. The van der Waals surface area contributed by atoms with Gasteiger partial charge in [-0.15, -0.1) is 0 Å². The van der Waals surface area contributed by atoms with Gasteiger partial charge < -0.3 is 10.4 Å². The first kappa shape index (κ1) is 7.56. The molecule has 3 atom stereocenters. The second-order valence-corrected chi connectivity index (χ2v) is 4.69. The summed E-state index contributed by atoms with van der Waals surface area (Å²) in [6, 6.07) is 0. The first-order valence-corrected chi connectivity index (χ1v) is 4.48. The second kappa shape index (κ2) is 1.99. The van der Waals surface area contributed by atoms with Crippen LogP contribution in [-0.4, -0.2) is 22.8 Å². The molecule has 2 fully saturated rings. The maximum absolute atomic E-state index is 9.13. The Hall–Kier alpha value is -0.0800. The highest BCUT2D eigenvalue weighted by Gasteiger charge is 2.54. The Bertz CT molecular complexity index is 182. The van der Waals surface area contributed by atoms with Crippen molar-refractivity contribution < 1.29 is 5.11 Å². The van der Waals surface area contributed by atoms with Crippen molar-refractivity contribution >= 4 is 0 Å². The SMILES string of the molecule is C[C@@]12CC[C@@](C)(N1)[C@@H](CO)C2. The highest BCUT2D eigenvalue weighted by atomic mass is 16.3. The van der Waals surface area contributed by atoms with Crippen molar-refractivity contribution in [2.45, 2.75) is 44.2 Å². The van der Waals surface area contributed by atoms with Gasteiger partial charge in [0.2, 0.25) is 0 Å². The summed E-state index contributed by atoms with van der Waals surface area (Å²) in [6.07, 6.45) is 3.66. The Kier molecular flexibility index (Phi) is 1.37. The Labute approximate surface area is 68.0 Å². The van der Waals surface area contributed by atoms with E-state index in [-0.39, 0.29) is 5.54 Å². The number of nitrogens with one attached hydrogen (secondary N) is 1. The molecule has 0 radical (unpaired) electrons. The van der Waals surface area contributed by atoms with Crippen LogP contribution >= 0.6 is 0 Å². The Balaban J connectivity index is 2.22. The molecule has 2 N–H and O–H groups in total. The average molecular weight is 155 g/mol. The van der Waals surface area contributed by atoms with Crippen LogP contribution in [0.2, 0.25) is 0 Å². The zero-order valence-corrected chi connectivity index (χ0v) is 7.35. The Morgan fingerprint density at radius 3 is 2.45 bits per heavy atom. The third-order valence-electron chi connectivity index (χ3n) is 3.60. The normalized spacial score (nSPS) is 55.4. The summed E-state index contributed by atoms with van der Waals surface area (Å²) in [5, 5.41) is 12.7. The Morgan fingerprint density at radius 2 is 2.18 bits per heavy atom. The predicted octanol–water partition coefficient (Wildman–Crippen LogP) is 0.899. The van der Waals surface area contributed by atoms with Crippen LogP contribution in [0.3, 0.4) is 0 Å². The van der Waals surface area contributed by atoms with Crippen LogP contribution in [0, 0.1) is 5.92 Å².